The van der Waals surface area contributed by atoms with Crippen LogP contribution in [0, 0.1) is 5.92 Å². The van der Waals surface area contributed by atoms with E-state index in [0.29, 0.717) is 22.2 Å². The molecule has 38 heavy (non-hydrogen) atoms. The van der Waals surface area contributed by atoms with E-state index >= 15 is 0 Å². The first-order chi connectivity index (χ1) is 18.6. The van der Waals surface area contributed by atoms with Crippen molar-refractivity contribution in [2.75, 3.05) is 26.2 Å². The average Bonchev–Trinajstić information content (AvgIpc) is 3.22. The van der Waals surface area contributed by atoms with E-state index in [1.165, 1.54) is 17.5 Å². The second-order valence-corrected chi connectivity index (χ2v) is 12.2. The van der Waals surface area contributed by atoms with Crippen molar-refractivity contribution in [2.45, 2.75) is 69.1 Å². The molecule has 0 bridgehead atoms. The first-order valence-electron chi connectivity index (χ1n) is 14.4. The first-order valence-corrected chi connectivity index (χ1v) is 14.8. The van der Waals surface area contributed by atoms with Crippen LogP contribution < -0.4 is 10.9 Å². The van der Waals surface area contributed by atoms with Crippen molar-refractivity contribution in [2.24, 2.45) is 5.92 Å². The van der Waals surface area contributed by atoms with Gasteiger partial charge in [-0.1, -0.05) is 49.1 Å². The molecule has 1 saturated carbocycles. The Morgan fingerprint density at radius 3 is 2.53 bits per heavy atom. The summed E-state index contributed by atoms with van der Waals surface area (Å²) in [4.78, 5) is 33.1. The number of hydrogen-bond acceptors (Lipinski definition) is 4. The normalized spacial score (nSPS) is 21.6. The molecule has 3 aromatic rings. The van der Waals surface area contributed by atoms with Crippen molar-refractivity contribution < 1.29 is 4.79 Å². The van der Waals surface area contributed by atoms with Gasteiger partial charge in [0.1, 0.15) is 5.82 Å². The Morgan fingerprint density at radius 1 is 1.00 bits per heavy atom. The fourth-order valence-corrected chi connectivity index (χ4v) is 7.96. The number of amides is 1. The van der Waals surface area contributed by atoms with Gasteiger partial charge in [-0.25, -0.2) is 0 Å². The number of fused-ring (bicyclic) bond motifs is 7. The van der Waals surface area contributed by atoms with Crippen molar-refractivity contribution in [3.8, 4) is 5.69 Å². The van der Waals surface area contributed by atoms with Gasteiger partial charge in [0.2, 0.25) is 5.91 Å². The van der Waals surface area contributed by atoms with Crippen LogP contribution in [-0.2, 0) is 10.2 Å². The monoisotopic (exact) mass is 530 g/mol. The van der Waals surface area contributed by atoms with Crippen LogP contribution in [0.15, 0.2) is 41.2 Å². The number of likely N-dealkylation sites (tertiary alicyclic amines) is 1. The molecule has 2 saturated heterocycles. The van der Waals surface area contributed by atoms with Crippen LogP contribution in [0.25, 0.3) is 16.6 Å². The minimum Gasteiger partial charge on any atom is -0.342 e. The van der Waals surface area contributed by atoms with Gasteiger partial charge in [0.15, 0.2) is 0 Å². The second kappa shape index (κ2) is 9.49. The molecular formula is C31H35ClN4O2. The van der Waals surface area contributed by atoms with E-state index in [0.717, 1.165) is 94.6 Å². The molecule has 4 aliphatic rings. The zero-order chi connectivity index (χ0) is 25.9. The third-order valence-electron chi connectivity index (χ3n) is 9.75. The van der Waals surface area contributed by atoms with Crippen LogP contribution in [0.4, 0.5) is 0 Å². The van der Waals surface area contributed by atoms with Crippen molar-refractivity contribution in [3.05, 3.63) is 68.7 Å². The van der Waals surface area contributed by atoms with Gasteiger partial charge in [0, 0.05) is 19.0 Å². The smallest absolute Gasteiger partial charge is 0.282 e. The highest BCUT2D eigenvalue weighted by molar-refractivity contribution is 6.35. The van der Waals surface area contributed by atoms with Gasteiger partial charge >= 0.3 is 0 Å². The van der Waals surface area contributed by atoms with E-state index in [-0.39, 0.29) is 16.9 Å². The minimum atomic E-state index is -0.222. The first kappa shape index (κ1) is 24.3. The number of nitrogens with one attached hydrogen (secondary N) is 1. The standard InChI is InChI=1S/C31H35ClN4O2/c32-24-5-4-6-25-27(24)28(37)34-30-31(13-2-1-3-14-31)23-8-7-22(19-26(23)36(25)30)20-11-17-35(18-12-20)29(38)21-9-15-33-16-10-21/h4-8,19-21,33H,1-3,9-18H2. The van der Waals surface area contributed by atoms with Gasteiger partial charge in [0.25, 0.3) is 5.56 Å². The van der Waals surface area contributed by atoms with Gasteiger partial charge < -0.3 is 10.2 Å². The Balaban J connectivity index is 1.25. The summed E-state index contributed by atoms with van der Waals surface area (Å²) < 4.78 is 2.24. The number of rotatable bonds is 2. The van der Waals surface area contributed by atoms with Gasteiger partial charge in [0.05, 0.1) is 27.0 Å². The van der Waals surface area contributed by atoms with Crippen LogP contribution in [0.2, 0.25) is 5.02 Å². The number of piperidine rings is 2. The van der Waals surface area contributed by atoms with E-state index in [2.05, 4.69) is 33.0 Å². The Hall–Kier alpha value is -2.70. The van der Waals surface area contributed by atoms with Gasteiger partial charge in [-0.2, -0.15) is 4.98 Å². The lowest BCUT2D eigenvalue weighted by atomic mass is 9.69. The molecule has 1 aliphatic carbocycles. The van der Waals surface area contributed by atoms with Crippen LogP contribution in [0.5, 0.6) is 0 Å². The summed E-state index contributed by atoms with van der Waals surface area (Å²) in [6.07, 6.45) is 9.46. The Bertz CT molecular complexity index is 1460. The van der Waals surface area contributed by atoms with Crippen LogP contribution in [0.3, 0.4) is 0 Å². The number of aromatic nitrogens is 2. The molecule has 0 atom stereocenters. The second-order valence-electron chi connectivity index (χ2n) is 11.8. The highest BCUT2D eigenvalue weighted by atomic mass is 35.5. The number of hydrogen-bond donors (Lipinski definition) is 1. The summed E-state index contributed by atoms with van der Waals surface area (Å²) in [7, 11) is 0. The molecule has 7 rings (SSSR count). The van der Waals surface area contributed by atoms with Gasteiger partial charge in [-0.05, 0) is 86.9 Å². The molecular weight excluding hydrogens is 496 g/mol. The lowest BCUT2D eigenvalue weighted by molar-refractivity contribution is -0.137. The third kappa shape index (κ3) is 3.75. The molecule has 1 spiro atoms. The lowest BCUT2D eigenvalue weighted by Crippen LogP contribution is -2.44. The topological polar surface area (TPSA) is 67.2 Å². The number of carbonyl (C=O) groups is 1. The van der Waals surface area contributed by atoms with Crippen molar-refractivity contribution in [1.29, 1.82) is 0 Å². The molecule has 3 aliphatic heterocycles. The lowest BCUT2D eigenvalue weighted by Gasteiger charge is -2.36. The molecule has 4 heterocycles. The summed E-state index contributed by atoms with van der Waals surface area (Å²) in [5.41, 5.74) is 4.22. The van der Waals surface area contributed by atoms with Crippen LogP contribution >= 0.6 is 11.6 Å². The van der Waals surface area contributed by atoms with Crippen molar-refractivity contribution in [3.63, 3.8) is 0 Å². The predicted octanol–water partition coefficient (Wildman–Crippen LogP) is 5.31. The summed E-state index contributed by atoms with van der Waals surface area (Å²) >= 11 is 6.53. The molecule has 7 heteroatoms. The predicted molar refractivity (Wildman–Crippen MR) is 150 cm³/mol. The molecule has 1 amide bonds. The fraction of sp³-hybridized carbons (Fsp3) is 0.516. The van der Waals surface area contributed by atoms with Crippen molar-refractivity contribution in [1.82, 2.24) is 19.8 Å². The number of carbonyl (C=O) groups excluding carboxylic acids is 1. The largest absolute Gasteiger partial charge is 0.342 e. The summed E-state index contributed by atoms with van der Waals surface area (Å²) in [6.45, 7) is 3.56. The highest BCUT2D eigenvalue weighted by Gasteiger charge is 2.46. The van der Waals surface area contributed by atoms with E-state index in [1.54, 1.807) is 6.07 Å². The summed E-state index contributed by atoms with van der Waals surface area (Å²) in [5.74, 6) is 1.86. The number of nitrogens with zero attached hydrogens (tertiary/aromatic N) is 3. The van der Waals surface area contributed by atoms with Crippen LogP contribution in [-0.4, -0.2) is 46.5 Å². The fourth-order valence-electron chi connectivity index (χ4n) is 7.71. The van der Waals surface area contributed by atoms with E-state index < -0.39 is 0 Å². The maximum absolute atomic E-state index is 13.2. The average molecular weight is 531 g/mol. The van der Waals surface area contributed by atoms with Crippen LogP contribution in [0.1, 0.15) is 80.7 Å². The Kier molecular flexibility index (Phi) is 6.08. The van der Waals surface area contributed by atoms with Gasteiger partial charge in [-0.3, -0.25) is 14.2 Å². The zero-order valence-corrected chi connectivity index (χ0v) is 22.6. The molecule has 3 fully saturated rings. The maximum atomic E-state index is 13.2. The highest BCUT2D eigenvalue weighted by Crippen LogP contribution is 2.52. The molecule has 2 aromatic carbocycles. The number of halogens is 1. The minimum absolute atomic E-state index is 0.186. The SMILES string of the molecule is O=C(C1CCNCC1)N1CCC(c2ccc3c(c2)-n2c(nc(=O)c4c(Cl)cccc42)C32CCCCC2)CC1. The zero-order valence-electron chi connectivity index (χ0n) is 21.8. The van der Waals surface area contributed by atoms with Crippen molar-refractivity contribution >= 4 is 28.4 Å². The third-order valence-corrected chi connectivity index (χ3v) is 10.1. The molecule has 198 valence electrons. The van der Waals surface area contributed by atoms with E-state index in [4.69, 9.17) is 16.6 Å². The van der Waals surface area contributed by atoms with E-state index in [9.17, 15) is 9.59 Å². The number of benzene rings is 2. The Labute approximate surface area is 228 Å². The summed E-state index contributed by atoms with van der Waals surface area (Å²) in [6, 6.07) is 12.7. The Morgan fingerprint density at radius 2 is 1.76 bits per heavy atom. The molecule has 1 N–H and O–H groups in total. The quantitative estimate of drug-likeness (QED) is 0.487. The summed E-state index contributed by atoms with van der Waals surface area (Å²) in [5, 5.41) is 4.33. The molecule has 0 unspecified atom stereocenters. The molecule has 0 radical (unpaired) electrons. The molecule has 1 aromatic heterocycles. The molecule has 6 nitrogen and oxygen atoms in total. The van der Waals surface area contributed by atoms with E-state index in [1.807, 2.05) is 12.1 Å². The van der Waals surface area contributed by atoms with Gasteiger partial charge in [-0.15, -0.1) is 0 Å². The maximum Gasteiger partial charge on any atom is 0.282 e.